The first-order valence-electron chi connectivity index (χ1n) is 6.98. The third-order valence-electron chi connectivity index (χ3n) is 3.41. The molecule has 1 amide bonds. The summed E-state index contributed by atoms with van der Waals surface area (Å²) in [5.74, 6) is -0.131. The van der Waals surface area contributed by atoms with Gasteiger partial charge in [-0.1, -0.05) is 0 Å². The second-order valence-electron chi connectivity index (χ2n) is 5.57. The van der Waals surface area contributed by atoms with Gasteiger partial charge in [-0.2, -0.15) is 0 Å². The number of amides is 1. The molecule has 0 bridgehead atoms. The van der Waals surface area contributed by atoms with Gasteiger partial charge in [0.25, 0.3) is 0 Å². The Bertz CT molecular complexity index is 491. The quantitative estimate of drug-likeness (QED) is 0.891. The van der Waals surface area contributed by atoms with E-state index in [0.717, 1.165) is 12.8 Å². The van der Waals surface area contributed by atoms with Crippen LogP contribution in [0.25, 0.3) is 0 Å². The van der Waals surface area contributed by atoms with Crippen molar-refractivity contribution < 1.29 is 13.9 Å². The van der Waals surface area contributed by atoms with Crippen molar-refractivity contribution in [2.45, 2.75) is 45.3 Å². The topological polar surface area (TPSA) is 64.3 Å². The van der Waals surface area contributed by atoms with Gasteiger partial charge >= 0.3 is 0 Å². The second kappa shape index (κ2) is 6.22. The fourth-order valence-corrected chi connectivity index (χ4v) is 2.45. The minimum Gasteiger partial charge on any atom is -0.489 e. The first kappa shape index (κ1) is 14.8. The normalized spacial score (nSPS) is 22.1. The molecule has 1 saturated carbocycles. The highest BCUT2D eigenvalue weighted by atomic mass is 19.1. The van der Waals surface area contributed by atoms with E-state index in [1.165, 1.54) is 18.2 Å². The van der Waals surface area contributed by atoms with E-state index in [-0.39, 0.29) is 24.0 Å². The van der Waals surface area contributed by atoms with Gasteiger partial charge in [0.2, 0.25) is 5.91 Å². The van der Waals surface area contributed by atoms with E-state index >= 15 is 0 Å². The molecule has 0 saturated heterocycles. The number of ether oxygens (including phenoxy) is 1. The average molecular weight is 280 g/mol. The Kier molecular flexibility index (Phi) is 4.60. The molecule has 2 rings (SSSR count). The van der Waals surface area contributed by atoms with E-state index in [0.29, 0.717) is 17.9 Å². The molecule has 1 aromatic rings. The molecule has 2 atom stereocenters. The number of benzene rings is 1. The van der Waals surface area contributed by atoms with Gasteiger partial charge in [0.15, 0.2) is 0 Å². The third-order valence-corrected chi connectivity index (χ3v) is 3.41. The van der Waals surface area contributed by atoms with Crippen LogP contribution in [0.4, 0.5) is 10.1 Å². The van der Waals surface area contributed by atoms with Crippen LogP contribution in [0.3, 0.4) is 0 Å². The van der Waals surface area contributed by atoms with Crippen LogP contribution < -0.4 is 15.8 Å². The lowest BCUT2D eigenvalue weighted by Gasteiger charge is -2.16. The molecule has 1 aliphatic carbocycles. The van der Waals surface area contributed by atoms with Gasteiger partial charge in [-0.25, -0.2) is 4.39 Å². The molecule has 1 aromatic carbocycles. The fourth-order valence-electron chi connectivity index (χ4n) is 2.45. The summed E-state index contributed by atoms with van der Waals surface area (Å²) < 4.78 is 18.9. The van der Waals surface area contributed by atoms with Crippen molar-refractivity contribution in [1.29, 1.82) is 0 Å². The summed E-state index contributed by atoms with van der Waals surface area (Å²) in [6.45, 7) is 3.76. The van der Waals surface area contributed by atoms with E-state index in [9.17, 15) is 9.18 Å². The molecule has 20 heavy (non-hydrogen) atoms. The van der Waals surface area contributed by atoms with E-state index in [1.54, 1.807) is 0 Å². The number of carbonyl (C=O) groups excluding carboxylic acids is 1. The Hall–Kier alpha value is -1.62. The maximum atomic E-state index is 13.3. The van der Waals surface area contributed by atoms with Crippen LogP contribution in [-0.4, -0.2) is 18.1 Å². The second-order valence-corrected chi connectivity index (χ2v) is 5.57. The molecule has 0 heterocycles. The van der Waals surface area contributed by atoms with Gasteiger partial charge < -0.3 is 15.8 Å². The van der Waals surface area contributed by atoms with Crippen LogP contribution in [0, 0.1) is 11.7 Å². The molecule has 0 spiro atoms. The van der Waals surface area contributed by atoms with Crippen molar-refractivity contribution in [1.82, 2.24) is 0 Å². The summed E-state index contributed by atoms with van der Waals surface area (Å²) >= 11 is 0. The van der Waals surface area contributed by atoms with Crippen LogP contribution in [0.2, 0.25) is 0 Å². The van der Waals surface area contributed by atoms with Gasteiger partial charge in [-0.05, 0) is 45.2 Å². The zero-order chi connectivity index (χ0) is 14.7. The SMILES string of the molecule is CC(C)Oc1ccc(F)cc1NC(=O)C1CCC(N)C1. The number of nitrogens with one attached hydrogen (secondary N) is 1. The van der Waals surface area contributed by atoms with Crippen molar-refractivity contribution in [3.63, 3.8) is 0 Å². The maximum absolute atomic E-state index is 13.3. The smallest absolute Gasteiger partial charge is 0.227 e. The molecule has 0 radical (unpaired) electrons. The largest absolute Gasteiger partial charge is 0.489 e. The number of nitrogens with two attached hydrogens (primary N) is 1. The lowest BCUT2D eigenvalue weighted by Crippen LogP contribution is -2.23. The summed E-state index contributed by atoms with van der Waals surface area (Å²) in [4.78, 5) is 12.2. The predicted octanol–water partition coefficient (Wildman–Crippen LogP) is 2.68. The van der Waals surface area contributed by atoms with Gasteiger partial charge in [-0.3, -0.25) is 4.79 Å². The lowest BCUT2D eigenvalue weighted by molar-refractivity contribution is -0.119. The standard InChI is InChI=1S/C15H21FN2O2/c1-9(2)20-14-6-4-11(16)8-13(14)18-15(19)10-3-5-12(17)7-10/h4,6,8-10,12H,3,5,7,17H2,1-2H3,(H,18,19). The van der Waals surface area contributed by atoms with E-state index in [2.05, 4.69) is 5.32 Å². The highest BCUT2D eigenvalue weighted by Gasteiger charge is 2.28. The van der Waals surface area contributed by atoms with Gasteiger partial charge in [0.05, 0.1) is 11.8 Å². The number of hydrogen-bond donors (Lipinski definition) is 2. The molecule has 2 unspecified atom stereocenters. The van der Waals surface area contributed by atoms with E-state index in [4.69, 9.17) is 10.5 Å². The van der Waals surface area contributed by atoms with E-state index in [1.807, 2.05) is 13.8 Å². The number of hydrogen-bond acceptors (Lipinski definition) is 3. The Labute approximate surface area is 118 Å². The Morgan fingerprint density at radius 1 is 1.45 bits per heavy atom. The summed E-state index contributed by atoms with van der Waals surface area (Å²) in [6.07, 6.45) is 2.27. The highest BCUT2D eigenvalue weighted by Crippen LogP contribution is 2.30. The molecule has 110 valence electrons. The lowest BCUT2D eigenvalue weighted by atomic mass is 10.1. The third kappa shape index (κ3) is 3.70. The zero-order valence-electron chi connectivity index (χ0n) is 11.9. The number of anilines is 1. The maximum Gasteiger partial charge on any atom is 0.227 e. The van der Waals surface area contributed by atoms with Crippen molar-refractivity contribution in [2.24, 2.45) is 11.7 Å². The van der Waals surface area contributed by atoms with Gasteiger partial charge in [-0.15, -0.1) is 0 Å². The van der Waals surface area contributed by atoms with Gasteiger partial charge in [0, 0.05) is 18.0 Å². The van der Waals surface area contributed by atoms with Crippen molar-refractivity contribution in [3.05, 3.63) is 24.0 Å². The van der Waals surface area contributed by atoms with E-state index < -0.39 is 5.82 Å². The van der Waals surface area contributed by atoms with Crippen molar-refractivity contribution >= 4 is 11.6 Å². The number of rotatable bonds is 4. The minimum atomic E-state index is -0.403. The molecule has 1 aliphatic rings. The van der Waals surface area contributed by atoms with Crippen LogP contribution in [0.15, 0.2) is 18.2 Å². The molecule has 4 nitrogen and oxygen atoms in total. The number of halogens is 1. The summed E-state index contributed by atoms with van der Waals surface area (Å²) in [7, 11) is 0. The molecular weight excluding hydrogens is 259 g/mol. The Morgan fingerprint density at radius 2 is 2.20 bits per heavy atom. The van der Waals surface area contributed by atoms with Crippen LogP contribution in [0.1, 0.15) is 33.1 Å². The monoisotopic (exact) mass is 280 g/mol. The molecular formula is C15H21FN2O2. The van der Waals surface area contributed by atoms with Crippen LogP contribution >= 0.6 is 0 Å². The molecule has 3 N–H and O–H groups in total. The van der Waals surface area contributed by atoms with Crippen molar-refractivity contribution in [2.75, 3.05) is 5.32 Å². The van der Waals surface area contributed by atoms with Crippen LogP contribution in [-0.2, 0) is 4.79 Å². The molecule has 0 aliphatic heterocycles. The Morgan fingerprint density at radius 3 is 2.80 bits per heavy atom. The highest BCUT2D eigenvalue weighted by molar-refractivity contribution is 5.94. The fraction of sp³-hybridized carbons (Fsp3) is 0.533. The molecule has 1 fully saturated rings. The summed E-state index contributed by atoms with van der Waals surface area (Å²) in [6, 6.07) is 4.22. The van der Waals surface area contributed by atoms with Gasteiger partial charge in [0.1, 0.15) is 11.6 Å². The molecule has 5 heteroatoms. The molecule has 0 aromatic heterocycles. The number of carbonyl (C=O) groups is 1. The summed E-state index contributed by atoms with van der Waals surface area (Å²) in [5, 5.41) is 2.76. The Balaban J connectivity index is 2.11. The first-order chi connectivity index (χ1) is 9.45. The average Bonchev–Trinajstić information content (AvgIpc) is 2.79. The first-order valence-corrected chi connectivity index (χ1v) is 6.98. The van der Waals surface area contributed by atoms with Crippen molar-refractivity contribution in [3.8, 4) is 5.75 Å². The van der Waals surface area contributed by atoms with Crippen LogP contribution in [0.5, 0.6) is 5.75 Å². The zero-order valence-corrected chi connectivity index (χ0v) is 11.9. The minimum absolute atomic E-state index is 0.0454. The summed E-state index contributed by atoms with van der Waals surface area (Å²) in [5.41, 5.74) is 6.19. The predicted molar refractivity (Wildman–Crippen MR) is 76.1 cm³/mol.